The van der Waals surface area contributed by atoms with Gasteiger partial charge in [0.1, 0.15) is 11.6 Å². The summed E-state index contributed by atoms with van der Waals surface area (Å²) in [7, 11) is -4.09. The number of hydrogen-bond donors (Lipinski definition) is 1. The summed E-state index contributed by atoms with van der Waals surface area (Å²) in [5.41, 5.74) is -0.490. The molecule has 0 aliphatic heterocycles. The van der Waals surface area contributed by atoms with Crippen LogP contribution in [-0.2, 0) is 10.0 Å². The lowest BCUT2D eigenvalue weighted by molar-refractivity contribution is 0.594. The molecule has 0 radical (unpaired) electrons. The average Bonchev–Trinajstić information content (AvgIpc) is 2.36. The molecular formula is C12H7Cl2F2NO2S. The molecule has 0 aliphatic carbocycles. The Morgan fingerprint density at radius 3 is 2.30 bits per heavy atom. The van der Waals surface area contributed by atoms with E-state index in [1.165, 1.54) is 12.1 Å². The molecule has 0 bridgehead atoms. The van der Waals surface area contributed by atoms with Gasteiger partial charge in [-0.3, -0.25) is 4.72 Å². The maximum atomic E-state index is 13.4. The SMILES string of the molecule is O=S(=O)(Nc1cc(F)ccc1F)c1ccc(Cl)c(Cl)c1. The summed E-state index contributed by atoms with van der Waals surface area (Å²) in [4.78, 5) is -0.212. The van der Waals surface area contributed by atoms with Crippen molar-refractivity contribution in [1.29, 1.82) is 0 Å². The molecule has 20 heavy (non-hydrogen) atoms. The van der Waals surface area contributed by atoms with Crippen molar-refractivity contribution >= 4 is 38.9 Å². The third kappa shape index (κ3) is 3.20. The summed E-state index contributed by atoms with van der Waals surface area (Å²) < 4.78 is 52.4. The van der Waals surface area contributed by atoms with Gasteiger partial charge in [0.15, 0.2) is 0 Å². The van der Waals surface area contributed by atoms with Gasteiger partial charge in [-0.05, 0) is 30.3 Å². The molecule has 0 spiro atoms. The van der Waals surface area contributed by atoms with Gasteiger partial charge >= 0.3 is 0 Å². The van der Waals surface area contributed by atoms with Crippen molar-refractivity contribution in [3.8, 4) is 0 Å². The molecule has 8 heteroatoms. The van der Waals surface area contributed by atoms with E-state index in [2.05, 4.69) is 0 Å². The second-order valence-corrected chi connectivity index (χ2v) is 6.30. The molecule has 0 heterocycles. The Labute approximate surface area is 124 Å². The summed E-state index contributed by atoms with van der Waals surface area (Å²) >= 11 is 11.4. The van der Waals surface area contributed by atoms with Gasteiger partial charge in [0.05, 0.1) is 20.6 Å². The Hall–Kier alpha value is -1.37. The van der Waals surface area contributed by atoms with Gasteiger partial charge in [0.25, 0.3) is 10.0 Å². The van der Waals surface area contributed by atoms with Crippen LogP contribution < -0.4 is 4.72 Å². The lowest BCUT2D eigenvalue weighted by Gasteiger charge is -2.09. The standard InChI is InChI=1S/C12H7Cl2F2NO2S/c13-9-3-2-8(6-10(9)14)20(18,19)17-12-5-7(15)1-4-11(12)16/h1-6,17H. The predicted octanol–water partition coefficient (Wildman–Crippen LogP) is 4.07. The van der Waals surface area contributed by atoms with E-state index in [4.69, 9.17) is 23.2 Å². The highest BCUT2D eigenvalue weighted by Gasteiger charge is 2.18. The van der Waals surface area contributed by atoms with Crippen molar-refractivity contribution in [3.05, 3.63) is 58.1 Å². The van der Waals surface area contributed by atoms with Crippen molar-refractivity contribution in [2.75, 3.05) is 4.72 Å². The van der Waals surface area contributed by atoms with Crippen LogP contribution in [0.15, 0.2) is 41.3 Å². The number of anilines is 1. The lowest BCUT2D eigenvalue weighted by Crippen LogP contribution is -2.14. The van der Waals surface area contributed by atoms with Gasteiger partial charge in [-0.1, -0.05) is 23.2 Å². The van der Waals surface area contributed by atoms with E-state index in [9.17, 15) is 17.2 Å². The second kappa shape index (κ2) is 5.55. The fourth-order valence-electron chi connectivity index (χ4n) is 1.42. The predicted molar refractivity (Wildman–Crippen MR) is 73.6 cm³/mol. The summed E-state index contributed by atoms with van der Waals surface area (Å²) in [5, 5.41) is 0.219. The first kappa shape index (κ1) is 15.0. The molecule has 0 saturated heterocycles. The highest BCUT2D eigenvalue weighted by atomic mass is 35.5. The first-order valence-electron chi connectivity index (χ1n) is 5.22. The number of hydrogen-bond acceptors (Lipinski definition) is 2. The number of rotatable bonds is 3. The monoisotopic (exact) mass is 337 g/mol. The molecule has 0 atom stereocenters. The Kier molecular flexibility index (Phi) is 4.17. The topological polar surface area (TPSA) is 46.2 Å². The van der Waals surface area contributed by atoms with Gasteiger partial charge in [0, 0.05) is 6.07 Å². The van der Waals surface area contributed by atoms with Crippen LogP contribution in [-0.4, -0.2) is 8.42 Å². The second-order valence-electron chi connectivity index (χ2n) is 3.81. The van der Waals surface area contributed by atoms with Crippen LogP contribution in [0.25, 0.3) is 0 Å². The largest absolute Gasteiger partial charge is 0.277 e. The molecule has 106 valence electrons. The Balaban J connectivity index is 2.40. The van der Waals surface area contributed by atoms with Crippen molar-refractivity contribution in [2.45, 2.75) is 4.90 Å². The molecule has 0 amide bonds. The molecule has 1 N–H and O–H groups in total. The molecule has 0 aromatic heterocycles. The van der Waals surface area contributed by atoms with Gasteiger partial charge < -0.3 is 0 Å². The summed E-state index contributed by atoms with van der Waals surface area (Å²) in [6.45, 7) is 0. The Morgan fingerprint density at radius 1 is 0.950 bits per heavy atom. The molecule has 0 saturated carbocycles. The van der Waals surface area contributed by atoms with Gasteiger partial charge in [-0.2, -0.15) is 0 Å². The van der Waals surface area contributed by atoms with Crippen molar-refractivity contribution in [3.63, 3.8) is 0 Å². The van der Waals surface area contributed by atoms with Crippen LogP contribution in [0.4, 0.5) is 14.5 Å². The van der Waals surface area contributed by atoms with Crippen LogP contribution in [0, 0.1) is 11.6 Å². The van der Waals surface area contributed by atoms with Crippen LogP contribution >= 0.6 is 23.2 Å². The molecule has 2 aromatic carbocycles. The maximum absolute atomic E-state index is 13.4. The average molecular weight is 338 g/mol. The quantitative estimate of drug-likeness (QED) is 0.917. The molecule has 0 aliphatic rings. The zero-order valence-electron chi connectivity index (χ0n) is 9.70. The smallest absolute Gasteiger partial charge is 0.262 e. The first-order valence-corrected chi connectivity index (χ1v) is 7.46. The van der Waals surface area contributed by atoms with E-state index in [-0.39, 0.29) is 14.9 Å². The zero-order chi connectivity index (χ0) is 14.9. The van der Waals surface area contributed by atoms with Crippen LogP contribution in [0.3, 0.4) is 0 Å². The van der Waals surface area contributed by atoms with E-state index in [1.807, 2.05) is 4.72 Å². The van der Waals surface area contributed by atoms with E-state index >= 15 is 0 Å². The third-order valence-corrected chi connectivity index (χ3v) is 4.48. The van der Waals surface area contributed by atoms with Crippen LogP contribution in [0.5, 0.6) is 0 Å². The fraction of sp³-hybridized carbons (Fsp3) is 0. The van der Waals surface area contributed by atoms with Gasteiger partial charge in [-0.25, -0.2) is 17.2 Å². The molecule has 3 nitrogen and oxygen atoms in total. The Bertz CT molecular complexity index is 766. The van der Waals surface area contributed by atoms with Crippen LogP contribution in [0.1, 0.15) is 0 Å². The third-order valence-electron chi connectivity index (χ3n) is 2.37. The zero-order valence-corrected chi connectivity index (χ0v) is 12.0. The fourth-order valence-corrected chi connectivity index (χ4v) is 2.87. The van der Waals surface area contributed by atoms with Crippen molar-refractivity contribution < 1.29 is 17.2 Å². The number of nitrogens with one attached hydrogen (secondary N) is 1. The number of benzene rings is 2. The number of sulfonamides is 1. The molecular weight excluding hydrogens is 331 g/mol. The van der Waals surface area contributed by atoms with Gasteiger partial charge in [0.2, 0.25) is 0 Å². The van der Waals surface area contributed by atoms with E-state index in [0.717, 1.165) is 24.3 Å². The Morgan fingerprint density at radius 2 is 1.65 bits per heavy atom. The number of halogens is 4. The maximum Gasteiger partial charge on any atom is 0.262 e. The summed E-state index contributed by atoms with van der Waals surface area (Å²) in [5.74, 6) is -1.66. The highest BCUT2D eigenvalue weighted by Crippen LogP contribution is 2.26. The van der Waals surface area contributed by atoms with Crippen molar-refractivity contribution in [1.82, 2.24) is 0 Å². The molecule has 0 fully saturated rings. The molecule has 2 rings (SSSR count). The van der Waals surface area contributed by atoms with E-state index in [0.29, 0.717) is 0 Å². The first-order chi connectivity index (χ1) is 9.29. The van der Waals surface area contributed by atoms with Crippen molar-refractivity contribution in [2.24, 2.45) is 0 Å². The van der Waals surface area contributed by atoms with Crippen LogP contribution in [0.2, 0.25) is 10.0 Å². The molecule has 0 unspecified atom stereocenters. The van der Waals surface area contributed by atoms with Gasteiger partial charge in [-0.15, -0.1) is 0 Å². The minimum Gasteiger partial charge on any atom is -0.277 e. The minimum absolute atomic E-state index is 0.0363. The highest BCUT2D eigenvalue weighted by molar-refractivity contribution is 7.92. The summed E-state index contributed by atoms with van der Waals surface area (Å²) in [6.07, 6.45) is 0. The lowest BCUT2D eigenvalue weighted by atomic mass is 10.3. The molecule has 2 aromatic rings. The van der Waals surface area contributed by atoms with E-state index < -0.39 is 27.3 Å². The van der Waals surface area contributed by atoms with E-state index in [1.54, 1.807) is 0 Å². The minimum atomic E-state index is -4.09. The summed E-state index contributed by atoms with van der Waals surface area (Å²) in [6, 6.07) is 6.05. The normalized spacial score (nSPS) is 11.4.